The summed E-state index contributed by atoms with van der Waals surface area (Å²) < 4.78 is 5.07. The molecule has 5 heteroatoms. The number of phenolic OH excluding ortho intramolecular Hbond substituents is 1. The summed E-state index contributed by atoms with van der Waals surface area (Å²) in [7, 11) is 1.59. The number of ether oxygens (including phenoxy) is 1. The predicted octanol–water partition coefficient (Wildman–Crippen LogP) is 3.27. The molecule has 1 heterocycles. The molecular formula is C15H20N2O2S. The molecule has 0 saturated heterocycles. The van der Waals surface area contributed by atoms with E-state index in [1.54, 1.807) is 24.5 Å². The van der Waals surface area contributed by atoms with Gasteiger partial charge in [-0.25, -0.2) is 4.98 Å². The number of nitrogens with zero attached hydrogens (tertiary/aromatic N) is 1. The molecule has 4 nitrogen and oxygen atoms in total. The van der Waals surface area contributed by atoms with E-state index < -0.39 is 0 Å². The van der Waals surface area contributed by atoms with Crippen molar-refractivity contribution in [1.82, 2.24) is 10.3 Å². The zero-order chi connectivity index (χ0) is 14.5. The van der Waals surface area contributed by atoms with Crippen LogP contribution in [-0.2, 0) is 13.0 Å². The van der Waals surface area contributed by atoms with Gasteiger partial charge in [-0.1, -0.05) is 13.0 Å². The Labute approximate surface area is 123 Å². The summed E-state index contributed by atoms with van der Waals surface area (Å²) in [5.41, 5.74) is 0.852. The van der Waals surface area contributed by atoms with Gasteiger partial charge >= 0.3 is 0 Å². The molecule has 0 aliphatic carbocycles. The van der Waals surface area contributed by atoms with Crippen LogP contribution < -0.4 is 10.1 Å². The second-order valence-electron chi connectivity index (χ2n) is 4.62. The molecule has 0 radical (unpaired) electrons. The fraction of sp³-hybridized carbons (Fsp3) is 0.400. The zero-order valence-corrected chi connectivity index (χ0v) is 12.8. The number of hydrogen-bond acceptors (Lipinski definition) is 5. The standard InChI is InChI=1S/C15H20N2O2S/c1-4-13-9-17-15(20-13)10(2)16-8-11-5-6-12(19-3)7-14(11)18/h5-7,9-10,16,18H,4,8H2,1-3H3. The molecule has 1 atom stereocenters. The maximum absolute atomic E-state index is 9.92. The van der Waals surface area contributed by atoms with E-state index in [1.165, 1.54) is 4.88 Å². The molecule has 0 aliphatic rings. The topological polar surface area (TPSA) is 54.4 Å². The van der Waals surface area contributed by atoms with Crippen LogP contribution in [0.25, 0.3) is 0 Å². The second-order valence-corrected chi connectivity index (χ2v) is 5.76. The van der Waals surface area contributed by atoms with E-state index in [0.29, 0.717) is 12.3 Å². The van der Waals surface area contributed by atoms with E-state index in [9.17, 15) is 5.11 Å². The number of benzene rings is 1. The quantitative estimate of drug-likeness (QED) is 0.858. The monoisotopic (exact) mass is 292 g/mol. The Kier molecular flexibility index (Phi) is 4.98. The number of methoxy groups -OCH3 is 1. The van der Waals surface area contributed by atoms with Gasteiger partial charge in [-0.3, -0.25) is 0 Å². The van der Waals surface area contributed by atoms with Gasteiger partial charge in [0, 0.05) is 29.2 Å². The second kappa shape index (κ2) is 6.72. The van der Waals surface area contributed by atoms with E-state index in [4.69, 9.17) is 4.74 Å². The fourth-order valence-corrected chi connectivity index (χ4v) is 2.74. The molecule has 0 amide bonds. The number of phenols is 1. The summed E-state index contributed by atoms with van der Waals surface area (Å²) in [5, 5.41) is 14.4. The maximum atomic E-state index is 9.92. The smallest absolute Gasteiger partial charge is 0.123 e. The van der Waals surface area contributed by atoms with Crippen molar-refractivity contribution < 1.29 is 9.84 Å². The van der Waals surface area contributed by atoms with Crippen LogP contribution in [0.2, 0.25) is 0 Å². The van der Waals surface area contributed by atoms with Gasteiger partial charge in [0.1, 0.15) is 16.5 Å². The van der Waals surface area contributed by atoms with Crippen LogP contribution in [0.1, 0.15) is 35.3 Å². The minimum atomic E-state index is 0.168. The number of aryl methyl sites for hydroxylation is 1. The van der Waals surface area contributed by atoms with Crippen molar-refractivity contribution in [2.45, 2.75) is 32.9 Å². The Hall–Kier alpha value is -1.59. The Bertz CT molecular complexity index is 569. The summed E-state index contributed by atoms with van der Waals surface area (Å²) in [6.45, 7) is 4.81. The first-order valence-electron chi connectivity index (χ1n) is 6.68. The molecule has 0 fully saturated rings. The first kappa shape index (κ1) is 14.8. The van der Waals surface area contributed by atoms with Crippen LogP contribution in [0, 0.1) is 0 Å². The van der Waals surface area contributed by atoms with E-state index >= 15 is 0 Å². The molecule has 20 heavy (non-hydrogen) atoms. The van der Waals surface area contributed by atoms with Gasteiger partial charge in [-0.05, 0) is 19.4 Å². The van der Waals surface area contributed by atoms with Crippen molar-refractivity contribution in [3.8, 4) is 11.5 Å². The van der Waals surface area contributed by atoms with E-state index in [-0.39, 0.29) is 11.8 Å². The number of nitrogens with one attached hydrogen (secondary N) is 1. The van der Waals surface area contributed by atoms with Gasteiger partial charge in [0.2, 0.25) is 0 Å². The minimum absolute atomic E-state index is 0.168. The number of thiazole rings is 1. The highest BCUT2D eigenvalue weighted by Crippen LogP contribution is 2.25. The predicted molar refractivity (Wildman–Crippen MR) is 81.4 cm³/mol. The summed E-state index contributed by atoms with van der Waals surface area (Å²) in [5.74, 6) is 0.907. The van der Waals surface area contributed by atoms with Gasteiger partial charge in [-0.2, -0.15) is 0 Å². The highest BCUT2D eigenvalue weighted by Gasteiger charge is 2.11. The summed E-state index contributed by atoms with van der Waals surface area (Å²) in [6.07, 6.45) is 2.95. The molecule has 1 aromatic heterocycles. The molecular weight excluding hydrogens is 272 g/mol. The summed E-state index contributed by atoms with van der Waals surface area (Å²) >= 11 is 1.73. The Morgan fingerprint density at radius 2 is 2.25 bits per heavy atom. The maximum Gasteiger partial charge on any atom is 0.123 e. The van der Waals surface area contributed by atoms with Crippen LogP contribution in [0.15, 0.2) is 24.4 Å². The van der Waals surface area contributed by atoms with E-state index in [1.807, 2.05) is 18.3 Å². The molecule has 1 aromatic carbocycles. The number of hydrogen-bond donors (Lipinski definition) is 2. The van der Waals surface area contributed by atoms with Crippen molar-refractivity contribution in [3.05, 3.63) is 39.8 Å². The normalized spacial score (nSPS) is 12.3. The third-order valence-corrected chi connectivity index (χ3v) is 4.51. The fourth-order valence-electron chi connectivity index (χ4n) is 1.86. The molecule has 2 aromatic rings. The van der Waals surface area contributed by atoms with Gasteiger partial charge in [0.05, 0.1) is 13.2 Å². The van der Waals surface area contributed by atoms with Crippen LogP contribution in [0.5, 0.6) is 11.5 Å². The van der Waals surface area contributed by atoms with Crippen molar-refractivity contribution in [2.24, 2.45) is 0 Å². The summed E-state index contributed by atoms with van der Waals surface area (Å²) in [6, 6.07) is 5.51. The number of rotatable bonds is 6. The highest BCUT2D eigenvalue weighted by molar-refractivity contribution is 7.11. The van der Waals surface area contributed by atoms with Gasteiger partial charge in [0.25, 0.3) is 0 Å². The van der Waals surface area contributed by atoms with Crippen molar-refractivity contribution in [1.29, 1.82) is 0 Å². The SMILES string of the molecule is CCc1cnc(C(C)NCc2ccc(OC)cc2O)s1. The number of aromatic nitrogens is 1. The average Bonchev–Trinajstić information content (AvgIpc) is 2.94. The van der Waals surface area contributed by atoms with Crippen LogP contribution in [-0.4, -0.2) is 17.2 Å². The minimum Gasteiger partial charge on any atom is -0.507 e. The third kappa shape index (κ3) is 3.49. The van der Waals surface area contributed by atoms with Crippen LogP contribution >= 0.6 is 11.3 Å². The third-order valence-electron chi connectivity index (χ3n) is 3.18. The molecule has 2 rings (SSSR count). The number of aromatic hydroxyl groups is 1. The molecule has 108 valence electrons. The average molecular weight is 292 g/mol. The van der Waals surface area contributed by atoms with Gasteiger partial charge < -0.3 is 15.2 Å². The lowest BCUT2D eigenvalue weighted by Gasteiger charge is -2.12. The Morgan fingerprint density at radius 1 is 1.45 bits per heavy atom. The molecule has 1 unspecified atom stereocenters. The first-order valence-corrected chi connectivity index (χ1v) is 7.49. The van der Waals surface area contributed by atoms with Crippen LogP contribution in [0.3, 0.4) is 0 Å². The van der Waals surface area contributed by atoms with Crippen LogP contribution in [0.4, 0.5) is 0 Å². The summed E-state index contributed by atoms with van der Waals surface area (Å²) in [4.78, 5) is 5.72. The van der Waals surface area contributed by atoms with Gasteiger partial charge in [-0.15, -0.1) is 11.3 Å². The Balaban J connectivity index is 1.97. The largest absolute Gasteiger partial charge is 0.507 e. The van der Waals surface area contributed by atoms with E-state index in [2.05, 4.69) is 24.1 Å². The first-order chi connectivity index (χ1) is 9.63. The van der Waals surface area contributed by atoms with Crippen molar-refractivity contribution in [3.63, 3.8) is 0 Å². The molecule has 0 bridgehead atoms. The van der Waals surface area contributed by atoms with Crippen molar-refractivity contribution >= 4 is 11.3 Å². The molecule has 0 spiro atoms. The van der Waals surface area contributed by atoms with E-state index in [0.717, 1.165) is 17.0 Å². The Morgan fingerprint density at radius 3 is 2.85 bits per heavy atom. The zero-order valence-electron chi connectivity index (χ0n) is 12.0. The van der Waals surface area contributed by atoms with Crippen molar-refractivity contribution in [2.75, 3.05) is 7.11 Å². The lowest BCUT2D eigenvalue weighted by molar-refractivity contribution is 0.405. The van der Waals surface area contributed by atoms with Gasteiger partial charge in [0.15, 0.2) is 0 Å². The molecule has 0 saturated carbocycles. The lowest BCUT2D eigenvalue weighted by atomic mass is 10.2. The molecule has 0 aliphatic heterocycles. The highest BCUT2D eigenvalue weighted by atomic mass is 32.1. The molecule has 2 N–H and O–H groups in total. The lowest BCUT2D eigenvalue weighted by Crippen LogP contribution is -2.17.